The first kappa shape index (κ1) is 19.0. The Kier molecular flexibility index (Phi) is 4.65. The van der Waals surface area contributed by atoms with E-state index in [4.69, 9.17) is 9.47 Å². The molecule has 0 aromatic heterocycles. The lowest BCUT2D eigenvalue weighted by atomic mass is 10.1. The molecule has 6 nitrogen and oxygen atoms in total. The minimum atomic E-state index is -0.517. The van der Waals surface area contributed by atoms with Crippen molar-refractivity contribution in [1.29, 1.82) is 0 Å². The number of nitrogens with one attached hydrogen (secondary N) is 1. The van der Waals surface area contributed by atoms with E-state index >= 15 is 0 Å². The molecule has 2 atom stereocenters. The van der Waals surface area contributed by atoms with Crippen LogP contribution in [-0.4, -0.2) is 29.0 Å². The van der Waals surface area contributed by atoms with Crippen molar-refractivity contribution in [3.05, 3.63) is 54.1 Å². The van der Waals surface area contributed by atoms with Crippen LogP contribution in [0.3, 0.4) is 0 Å². The van der Waals surface area contributed by atoms with E-state index in [9.17, 15) is 9.59 Å². The van der Waals surface area contributed by atoms with Crippen LogP contribution in [0.5, 0.6) is 11.5 Å². The van der Waals surface area contributed by atoms with Gasteiger partial charge in [0, 0.05) is 37.6 Å². The highest BCUT2D eigenvalue weighted by Gasteiger charge is 2.44. The normalized spacial score (nSPS) is 22.5. The lowest BCUT2D eigenvalue weighted by Gasteiger charge is -2.25. The van der Waals surface area contributed by atoms with E-state index in [1.165, 1.54) is 0 Å². The first-order valence-corrected chi connectivity index (χ1v) is 10.7. The van der Waals surface area contributed by atoms with Crippen molar-refractivity contribution in [3.63, 3.8) is 0 Å². The number of carbonyl (C=O) groups is 2. The topological polar surface area (TPSA) is 67.9 Å². The van der Waals surface area contributed by atoms with Gasteiger partial charge < -0.3 is 19.7 Å². The zero-order valence-corrected chi connectivity index (χ0v) is 17.1. The zero-order valence-electron chi connectivity index (χ0n) is 17.1. The molecule has 0 bridgehead atoms. The molecule has 3 aliphatic rings. The van der Waals surface area contributed by atoms with Crippen molar-refractivity contribution in [3.8, 4) is 11.5 Å². The number of hydrogen-bond donors (Lipinski definition) is 1. The maximum absolute atomic E-state index is 12.9. The summed E-state index contributed by atoms with van der Waals surface area (Å²) in [5.74, 6) is 0.401. The Hall–Kier alpha value is -3.02. The second-order valence-electron chi connectivity index (χ2n) is 8.51. The quantitative estimate of drug-likeness (QED) is 0.823. The van der Waals surface area contributed by atoms with Gasteiger partial charge in [0.1, 0.15) is 0 Å². The molecule has 2 aromatic rings. The summed E-state index contributed by atoms with van der Waals surface area (Å²) < 4.78 is 12.1. The number of ether oxygens (including phenoxy) is 2. The molecule has 0 unspecified atom stereocenters. The van der Waals surface area contributed by atoms with Gasteiger partial charge in [-0.15, -0.1) is 0 Å². The molecule has 2 fully saturated rings. The average molecular weight is 406 g/mol. The number of hydrogen-bond acceptors (Lipinski definition) is 4. The van der Waals surface area contributed by atoms with Crippen LogP contribution in [0.25, 0.3) is 0 Å². The van der Waals surface area contributed by atoms with Crippen LogP contribution in [-0.2, 0) is 9.59 Å². The molecule has 1 spiro atoms. The van der Waals surface area contributed by atoms with Gasteiger partial charge in [0.05, 0.1) is 12.0 Å². The summed E-state index contributed by atoms with van der Waals surface area (Å²) in [5.41, 5.74) is 1.74. The van der Waals surface area contributed by atoms with Crippen molar-refractivity contribution in [2.45, 2.75) is 50.9 Å². The average Bonchev–Trinajstić information content (AvgIpc) is 3.46. The van der Waals surface area contributed by atoms with E-state index in [1.807, 2.05) is 55.5 Å². The first-order chi connectivity index (χ1) is 14.5. The molecule has 1 saturated heterocycles. The number of amides is 2. The van der Waals surface area contributed by atoms with Gasteiger partial charge in [-0.3, -0.25) is 9.59 Å². The summed E-state index contributed by atoms with van der Waals surface area (Å²) in [6.07, 6.45) is 4.22. The Bertz CT molecular complexity index is 968. The van der Waals surface area contributed by atoms with Gasteiger partial charge in [-0.2, -0.15) is 0 Å². The van der Waals surface area contributed by atoms with Gasteiger partial charge in [-0.1, -0.05) is 30.3 Å². The standard InChI is InChI=1S/C24H26N2O4/c1-16(17-7-3-2-4-8-17)26-15-18(13-22(26)27)23(28)25-19-9-10-20-21(14-19)30-24(29-20)11-5-6-12-24/h2-4,7-10,14,16,18H,5-6,11-13,15H2,1H3,(H,25,28)/t16-,18-/m1/s1. The minimum absolute atomic E-state index is 0.0142. The molecule has 30 heavy (non-hydrogen) atoms. The SMILES string of the molecule is C[C@H](c1ccccc1)N1C[C@H](C(=O)Nc2ccc3c(c2)OC2(CCCC2)O3)CC1=O. The van der Waals surface area contributed by atoms with Crippen LogP contribution in [0.15, 0.2) is 48.5 Å². The summed E-state index contributed by atoms with van der Waals surface area (Å²) in [6, 6.07) is 15.3. The molecule has 2 amide bonds. The molecule has 1 saturated carbocycles. The Labute approximate surface area is 176 Å². The van der Waals surface area contributed by atoms with Crippen molar-refractivity contribution in [1.82, 2.24) is 4.90 Å². The van der Waals surface area contributed by atoms with Crippen molar-refractivity contribution in [2.75, 3.05) is 11.9 Å². The van der Waals surface area contributed by atoms with Crippen molar-refractivity contribution >= 4 is 17.5 Å². The number of fused-ring (bicyclic) bond motifs is 1. The van der Waals surface area contributed by atoms with Crippen LogP contribution in [0, 0.1) is 5.92 Å². The van der Waals surface area contributed by atoms with Crippen LogP contribution < -0.4 is 14.8 Å². The van der Waals surface area contributed by atoms with E-state index < -0.39 is 5.79 Å². The number of likely N-dealkylation sites (tertiary alicyclic amines) is 1. The molecule has 2 aromatic carbocycles. The van der Waals surface area contributed by atoms with Crippen LogP contribution in [0.2, 0.25) is 0 Å². The number of anilines is 1. The zero-order chi connectivity index (χ0) is 20.7. The Morgan fingerprint density at radius 3 is 2.60 bits per heavy atom. The van der Waals surface area contributed by atoms with Crippen LogP contribution >= 0.6 is 0 Å². The van der Waals surface area contributed by atoms with Crippen LogP contribution in [0.1, 0.15) is 50.6 Å². The fourth-order valence-electron chi connectivity index (χ4n) is 4.73. The molecule has 156 valence electrons. The monoisotopic (exact) mass is 406 g/mol. The Morgan fingerprint density at radius 1 is 1.10 bits per heavy atom. The molecule has 1 N–H and O–H groups in total. The largest absolute Gasteiger partial charge is 0.448 e. The lowest BCUT2D eigenvalue weighted by Crippen LogP contribution is -2.34. The molecule has 6 heteroatoms. The predicted octanol–water partition coefficient (Wildman–Crippen LogP) is 4.28. The predicted molar refractivity (Wildman–Crippen MR) is 112 cm³/mol. The van der Waals surface area contributed by atoms with Gasteiger partial charge in [0.2, 0.25) is 11.8 Å². The third kappa shape index (κ3) is 3.40. The smallest absolute Gasteiger partial charge is 0.251 e. The van der Waals surface area contributed by atoms with E-state index in [0.29, 0.717) is 18.0 Å². The van der Waals surface area contributed by atoms with Gasteiger partial charge >= 0.3 is 0 Å². The lowest BCUT2D eigenvalue weighted by molar-refractivity contribution is -0.129. The van der Waals surface area contributed by atoms with Gasteiger partial charge in [0.25, 0.3) is 5.79 Å². The number of carbonyl (C=O) groups excluding carboxylic acids is 2. The Morgan fingerprint density at radius 2 is 1.83 bits per heavy atom. The van der Waals surface area contributed by atoms with Gasteiger partial charge in [-0.05, 0) is 37.5 Å². The third-order valence-electron chi connectivity index (χ3n) is 6.45. The molecular weight excluding hydrogens is 380 g/mol. The second-order valence-corrected chi connectivity index (χ2v) is 8.51. The van der Waals surface area contributed by atoms with E-state index in [0.717, 1.165) is 37.0 Å². The fourth-order valence-corrected chi connectivity index (χ4v) is 4.73. The highest BCUT2D eigenvalue weighted by Crippen LogP contribution is 2.47. The molecule has 1 aliphatic carbocycles. The van der Waals surface area contributed by atoms with Crippen molar-refractivity contribution < 1.29 is 19.1 Å². The summed E-state index contributed by atoms with van der Waals surface area (Å²) >= 11 is 0. The van der Waals surface area contributed by atoms with E-state index in [-0.39, 0.29) is 30.2 Å². The second kappa shape index (κ2) is 7.35. The van der Waals surface area contributed by atoms with Crippen molar-refractivity contribution in [2.24, 2.45) is 5.92 Å². The third-order valence-corrected chi connectivity index (χ3v) is 6.45. The summed E-state index contributed by atoms with van der Waals surface area (Å²) in [6.45, 7) is 2.43. The fraction of sp³-hybridized carbons (Fsp3) is 0.417. The number of rotatable bonds is 4. The summed E-state index contributed by atoms with van der Waals surface area (Å²) in [7, 11) is 0. The molecule has 2 aliphatic heterocycles. The number of benzene rings is 2. The minimum Gasteiger partial charge on any atom is -0.448 e. The molecule has 0 radical (unpaired) electrons. The van der Waals surface area contributed by atoms with Gasteiger partial charge in [0.15, 0.2) is 11.5 Å². The highest BCUT2D eigenvalue weighted by atomic mass is 16.7. The first-order valence-electron chi connectivity index (χ1n) is 10.7. The summed E-state index contributed by atoms with van der Waals surface area (Å²) in [5, 5.41) is 2.96. The van der Waals surface area contributed by atoms with E-state index in [2.05, 4.69) is 5.32 Å². The van der Waals surface area contributed by atoms with Gasteiger partial charge in [-0.25, -0.2) is 0 Å². The summed E-state index contributed by atoms with van der Waals surface area (Å²) in [4.78, 5) is 27.2. The van der Waals surface area contributed by atoms with E-state index in [1.54, 1.807) is 4.90 Å². The maximum Gasteiger partial charge on any atom is 0.251 e. The Balaban J connectivity index is 1.24. The number of nitrogens with zero attached hydrogens (tertiary/aromatic N) is 1. The van der Waals surface area contributed by atoms with Crippen LogP contribution in [0.4, 0.5) is 5.69 Å². The molecular formula is C24H26N2O4. The molecule has 5 rings (SSSR count). The molecule has 2 heterocycles. The maximum atomic E-state index is 12.9. The highest BCUT2D eigenvalue weighted by molar-refractivity contribution is 5.97.